The van der Waals surface area contributed by atoms with Gasteiger partial charge in [0.1, 0.15) is 11.4 Å². The maximum atomic E-state index is 13.9. The van der Waals surface area contributed by atoms with Crippen LogP contribution in [0.3, 0.4) is 0 Å². The minimum atomic E-state index is -0.919. The maximum absolute atomic E-state index is 13.9. The van der Waals surface area contributed by atoms with Crippen molar-refractivity contribution in [2.75, 3.05) is 26.2 Å². The lowest BCUT2D eigenvalue weighted by Crippen LogP contribution is -2.29. The van der Waals surface area contributed by atoms with Crippen molar-refractivity contribution in [2.45, 2.75) is 13.0 Å². The molecule has 0 radical (unpaired) electrons. The van der Waals surface area contributed by atoms with Crippen LogP contribution in [-0.2, 0) is 0 Å². The molecule has 0 spiro atoms. The number of anilines is 1. The summed E-state index contributed by atoms with van der Waals surface area (Å²) in [7, 11) is 4.46. The van der Waals surface area contributed by atoms with Crippen LogP contribution in [0.15, 0.2) is 57.7 Å². The molecule has 5 aromatic rings. The van der Waals surface area contributed by atoms with E-state index < -0.39 is 17.8 Å². The molecular weight excluding hydrogens is 511 g/mol. The Hall–Kier alpha value is -4.44. The second kappa shape index (κ2) is 8.84. The van der Waals surface area contributed by atoms with Gasteiger partial charge in [-0.05, 0) is 55.0 Å². The lowest BCUT2D eigenvalue weighted by Gasteiger charge is -2.24. The van der Waals surface area contributed by atoms with Crippen molar-refractivity contribution in [2.24, 2.45) is 0 Å². The fraction of sp³-hybridized carbons (Fsp3) is 0.179. The summed E-state index contributed by atoms with van der Waals surface area (Å²) in [5, 5.41) is 0.655. The van der Waals surface area contributed by atoms with Crippen molar-refractivity contribution < 1.29 is 27.8 Å². The van der Waals surface area contributed by atoms with Crippen molar-refractivity contribution in [1.29, 1.82) is 0 Å². The van der Waals surface area contributed by atoms with E-state index in [1.54, 1.807) is 30.3 Å². The Morgan fingerprint density at radius 2 is 1.71 bits per heavy atom. The standard InChI is InChI=1S/C28H21FN2O6S/c1-13-5-8-18-16(9-13)24(32)22-23(14-10-19(34-2)25(36-4)20(11-14)35-3)31(27(33)26(22)37-18)28-30-17-7-6-15(29)12-21(17)38-28/h5-12,23H,1-4H3. The summed E-state index contributed by atoms with van der Waals surface area (Å²) in [4.78, 5) is 33.9. The summed E-state index contributed by atoms with van der Waals surface area (Å²) < 4.78 is 37.1. The highest BCUT2D eigenvalue weighted by Crippen LogP contribution is 2.47. The summed E-state index contributed by atoms with van der Waals surface area (Å²) >= 11 is 1.14. The number of fused-ring (bicyclic) bond motifs is 3. The number of methoxy groups -OCH3 is 3. The lowest BCUT2D eigenvalue weighted by molar-refractivity contribution is 0.0971. The highest BCUT2D eigenvalue weighted by atomic mass is 32.1. The molecule has 192 valence electrons. The summed E-state index contributed by atoms with van der Waals surface area (Å²) in [6.45, 7) is 1.88. The fourth-order valence-electron chi connectivity index (χ4n) is 4.85. The zero-order chi connectivity index (χ0) is 26.7. The van der Waals surface area contributed by atoms with E-state index in [2.05, 4.69) is 4.98 Å². The van der Waals surface area contributed by atoms with E-state index in [0.29, 0.717) is 49.1 Å². The monoisotopic (exact) mass is 532 g/mol. The predicted octanol–water partition coefficient (Wildman–Crippen LogP) is 5.63. The van der Waals surface area contributed by atoms with Gasteiger partial charge in [0.2, 0.25) is 11.5 Å². The van der Waals surface area contributed by atoms with Gasteiger partial charge in [0, 0.05) is 0 Å². The number of carbonyl (C=O) groups excluding carboxylic acids is 1. The topological polar surface area (TPSA) is 91.1 Å². The molecular formula is C28H21FN2O6S. The molecule has 8 nitrogen and oxygen atoms in total. The van der Waals surface area contributed by atoms with E-state index in [9.17, 15) is 14.0 Å². The first-order chi connectivity index (χ1) is 18.3. The van der Waals surface area contributed by atoms with Gasteiger partial charge in [0.05, 0.1) is 48.5 Å². The Bertz CT molecular complexity index is 1800. The van der Waals surface area contributed by atoms with E-state index >= 15 is 0 Å². The van der Waals surface area contributed by atoms with E-state index in [1.165, 1.54) is 38.4 Å². The molecule has 1 aliphatic heterocycles. The third kappa shape index (κ3) is 3.52. The third-order valence-electron chi connectivity index (χ3n) is 6.57. The average molecular weight is 533 g/mol. The van der Waals surface area contributed by atoms with Gasteiger partial charge in [-0.15, -0.1) is 0 Å². The van der Waals surface area contributed by atoms with Gasteiger partial charge in [-0.25, -0.2) is 9.37 Å². The Labute approximate surface area is 219 Å². The molecule has 1 atom stereocenters. The van der Waals surface area contributed by atoms with E-state index in [-0.39, 0.29) is 16.8 Å². The maximum Gasteiger partial charge on any atom is 0.297 e. The highest BCUT2D eigenvalue weighted by Gasteiger charge is 2.45. The Kier molecular flexibility index (Phi) is 5.57. The number of amides is 1. The molecule has 3 heterocycles. The first kappa shape index (κ1) is 23.9. The van der Waals surface area contributed by atoms with Gasteiger partial charge in [-0.3, -0.25) is 14.5 Å². The molecule has 10 heteroatoms. The van der Waals surface area contributed by atoms with E-state index in [1.807, 2.05) is 13.0 Å². The number of aromatic nitrogens is 1. The van der Waals surface area contributed by atoms with Gasteiger partial charge in [-0.2, -0.15) is 0 Å². The normalized spacial score (nSPS) is 14.8. The minimum Gasteiger partial charge on any atom is -0.493 e. The average Bonchev–Trinajstić information content (AvgIpc) is 3.46. The van der Waals surface area contributed by atoms with Crippen LogP contribution < -0.4 is 24.5 Å². The SMILES string of the molecule is COc1cc(C2c3c(oc4ccc(C)cc4c3=O)C(=O)N2c2nc3ccc(F)cc3s2)cc(OC)c1OC. The Balaban J connectivity index is 1.66. The zero-order valence-corrected chi connectivity index (χ0v) is 21.6. The number of carbonyl (C=O) groups is 1. The molecule has 0 saturated carbocycles. The predicted molar refractivity (Wildman–Crippen MR) is 142 cm³/mol. The number of aryl methyl sites for hydroxylation is 1. The van der Waals surface area contributed by atoms with Crippen molar-refractivity contribution in [1.82, 2.24) is 4.98 Å². The zero-order valence-electron chi connectivity index (χ0n) is 20.8. The lowest BCUT2D eigenvalue weighted by atomic mass is 9.97. The van der Waals surface area contributed by atoms with Crippen LogP contribution in [0.5, 0.6) is 17.2 Å². The van der Waals surface area contributed by atoms with Crippen LogP contribution in [0.25, 0.3) is 21.2 Å². The third-order valence-corrected chi connectivity index (χ3v) is 7.59. The van der Waals surface area contributed by atoms with Crippen molar-refractivity contribution >= 4 is 43.6 Å². The number of halogens is 1. The number of hydrogen-bond donors (Lipinski definition) is 0. The van der Waals surface area contributed by atoms with Crippen LogP contribution in [0.4, 0.5) is 9.52 Å². The fourth-order valence-corrected chi connectivity index (χ4v) is 5.87. The first-order valence-corrected chi connectivity index (χ1v) is 12.4. The number of benzene rings is 3. The molecule has 0 N–H and O–H groups in total. The van der Waals surface area contributed by atoms with Crippen molar-refractivity contribution in [3.63, 3.8) is 0 Å². The molecule has 1 amide bonds. The Morgan fingerprint density at radius 1 is 0.974 bits per heavy atom. The van der Waals surface area contributed by atoms with E-state index in [0.717, 1.165) is 16.9 Å². The van der Waals surface area contributed by atoms with Gasteiger partial charge >= 0.3 is 0 Å². The molecule has 2 aromatic heterocycles. The molecule has 6 rings (SSSR count). The second-order valence-corrected chi connectivity index (χ2v) is 9.83. The van der Waals surface area contributed by atoms with Gasteiger partial charge < -0.3 is 18.6 Å². The first-order valence-electron chi connectivity index (χ1n) is 11.6. The molecule has 0 aliphatic carbocycles. The van der Waals surface area contributed by atoms with Crippen LogP contribution in [0.1, 0.15) is 33.3 Å². The highest BCUT2D eigenvalue weighted by molar-refractivity contribution is 7.22. The molecule has 0 saturated heterocycles. The van der Waals surface area contributed by atoms with Crippen LogP contribution in [-0.4, -0.2) is 32.2 Å². The summed E-state index contributed by atoms with van der Waals surface area (Å²) in [5.74, 6) is 0.0634. The van der Waals surface area contributed by atoms with Crippen LogP contribution in [0, 0.1) is 12.7 Å². The molecule has 3 aromatic carbocycles. The largest absolute Gasteiger partial charge is 0.493 e. The molecule has 1 aliphatic rings. The van der Waals surface area contributed by atoms with Crippen LogP contribution in [0.2, 0.25) is 0 Å². The summed E-state index contributed by atoms with van der Waals surface area (Å²) in [5.41, 5.74) is 2.09. The minimum absolute atomic E-state index is 0.0736. The van der Waals surface area contributed by atoms with Crippen LogP contribution >= 0.6 is 11.3 Å². The van der Waals surface area contributed by atoms with Gasteiger partial charge in [0.15, 0.2) is 22.1 Å². The van der Waals surface area contributed by atoms with Gasteiger partial charge in [-0.1, -0.05) is 23.0 Å². The quantitative estimate of drug-likeness (QED) is 0.290. The smallest absolute Gasteiger partial charge is 0.297 e. The molecule has 38 heavy (non-hydrogen) atoms. The van der Waals surface area contributed by atoms with Crippen molar-refractivity contribution in [3.05, 3.63) is 87.0 Å². The molecule has 1 unspecified atom stereocenters. The second-order valence-electron chi connectivity index (χ2n) is 8.82. The number of nitrogens with zero attached hydrogens (tertiary/aromatic N) is 2. The number of ether oxygens (including phenoxy) is 3. The van der Waals surface area contributed by atoms with E-state index in [4.69, 9.17) is 18.6 Å². The number of hydrogen-bond acceptors (Lipinski definition) is 8. The molecule has 0 fully saturated rings. The van der Waals surface area contributed by atoms with Gasteiger partial charge in [0.25, 0.3) is 5.91 Å². The number of thiazole rings is 1. The van der Waals surface area contributed by atoms with Crippen molar-refractivity contribution in [3.8, 4) is 17.2 Å². The summed E-state index contributed by atoms with van der Waals surface area (Å²) in [6.07, 6.45) is 0. The Morgan fingerprint density at radius 3 is 2.39 bits per heavy atom. The summed E-state index contributed by atoms with van der Waals surface area (Å²) in [6, 6.07) is 11.9. The number of rotatable bonds is 5. The molecule has 0 bridgehead atoms.